The van der Waals surface area contributed by atoms with Crippen LogP contribution in [0.1, 0.15) is 79.1 Å². The van der Waals surface area contributed by atoms with E-state index in [2.05, 4.69) is 13.8 Å². The number of hydrogen-bond acceptors (Lipinski definition) is 7. The Morgan fingerprint density at radius 3 is 2.24 bits per heavy atom. The normalized spacial score (nSPS) is 53.8. The van der Waals surface area contributed by atoms with Crippen molar-refractivity contribution < 1.29 is 39.5 Å². The fourth-order valence-corrected chi connectivity index (χ4v) is 10.7. The van der Waals surface area contributed by atoms with Crippen molar-refractivity contribution in [1.82, 2.24) is 0 Å². The van der Waals surface area contributed by atoms with Gasteiger partial charge in [-0.2, -0.15) is 0 Å². The van der Waals surface area contributed by atoms with Gasteiger partial charge < -0.3 is 30.0 Å². The van der Waals surface area contributed by atoms with Crippen LogP contribution in [-0.2, 0) is 19.1 Å². The maximum Gasteiger partial charge on any atom is 0.311 e. The molecule has 8 heteroatoms. The Balaban J connectivity index is 1.61. The molecule has 4 N–H and O–H groups in total. The van der Waals surface area contributed by atoms with Crippen LogP contribution in [0.5, 0.6) is 0 Å². The topological polar surface area (TPSA) is 141 Å². The summed E-state index contributed by atoms with van der Waals surface area (Å²) in [6, 6.07) is 0. The van der Waals surface area contributed by atoms with Crippen molar-refractivity contribution >= 4 is 18.2 Å². The van der Waals surface area contributed by atoms with Gasteiger partial charge in [0.15, 0.2) is 0 Å². The van der Waals surface area contributed by atoms with Crippen molar-refractivity contribution in [2.45, 2.75) is 97.4 Å². The molecule has 0 saturated heterocycles. The fourth-order valence-electron chi connectivity index (χ4n) is 10.7. The standard InChI is InChI=1S/C30H44O8/c1-26(25(37)38-5)10-11-30(24(35)36)9-6-17-16(18(30)13-26)12-19(32)22-27(17,2)8-7-21-28(22,3)14-20(33)23(34)29(21,4)15-31/h12,15,17-23,32-34H,6-11,13-14H2,1-5H3,(H,35,36)/t17-,18-,19-,20+,21-,22+,23+,26+,27+,28+,29+,30-/m1/s1. The minimum atomic E-state index is -1.15. The molecule has 0 heterocycles. The van der Waals surface area contributed by atoms with Crippen molar-refractivity contribution in [3.8, 4) is 0 Å². The molecule has 0 aromatic heterocycles. The summed E-state index contributed by atoms with van der Waals surface area (Å²) in [4.78, 5) is 37.9. The van der Waals surface area contributed by atoms with Crippen LogP contribution in [-0.4, -0.2) is 64.1 Å². The van der Waals surface area contributed by atoms with E-state index in [1.54, 1.807) is 6.92 Å². The molecule has 0 aliphatic heterocycles. The number of fused-ring (bicyclic) bond motifs is 7. The van der Waals surface area contributed by atoms with Crippen LogP contribution < -0.4 is 0 Å². The molecule has 12 atom stereocenters. The van der Waals surface area contributed by atoms with Crippen molar-refractivity contribution in [1.29, 1.82) is 0 Å². The van der Waals surface area contributed by atoms with E-state index in [9.17, 15) is 34.8 Å². The zero-order valence-electron chi connectivity index (χ0n) is 23.3. The lowest BCUT2D eigenvalue weighted by atomic mass is 9.36. The molecule has 5 rings (SSSR count). The average Bonchev–Trinajstić information content (AvgIpc) is 2.86. The van der Waals surface area contributed by atoms with Crippen LogP contribution in [0, 0.1) is 50.7 Å². The van der Waals surface area contributed by atoms with Crippen molar-refractivity contribution in [2.24, 2.45) is 50.7 Å². The maximum atomic E-state index is 12.8. The first kappa shape index (κ1) is 27.8. The molecule has 0 bridgehead atoms. The third kappa shape index (κ3) is 3.35. The predicted molar refractivity (Wildman–Crippen MR) is 138 cm³/mol. The van der Waals surface area contributed by atoms with Gasteiger partial charge in [-0.3, -0.25) is 9.59 Å². The van der Waals surface area contributed by atoms with Crippen LogP contribution in [0.3, 0.4) is 0 Å². The number of aliphatic hydroxyl groups is 3. The Morgan fingerprint density at radius 2 is 1.63 bits per heavy atom. The van der Waals surface area contributed by atoms with Gasteiger partial charge >= 0.3 is 11.9 Å². The van der Waals surface area contributed by atoms with Gasteiger partial charge in [0.05, 0.1) is 41.7 Å². The molecule has 0 radical (unpaired) electrons. The van der Waals surface area contributed by atoms with Gasteiger partial charge in [-0.25, -0.2) is 0 Å². The lowest BCUT2D eigenvalue weighted by molar-refractivity contribution is -0.232. The SMILES string of the molecule is COC(=O)[C@@]1(C)CC[C@]2(C(=O)O)CC[C@@H]3C(=C[C@@H](O)[C@H]4[C@@]3(C)CC[C@H]3[C@](C)(C=O)[C@@H](O)[C@@H](O)C[C@]43C)[C@H]2C1. The highest BCUT2D eigenvalue weighted by atomic mass is 16.5. The first-order valence-electron chi connectivity index (χ1n) is 14.2. The number of rotatable bonds is 3. The highest BCUT2D eigenvalue weighted by Gasteiger charge is 2.69. The minimum Gasteiger partial charge on any atom is -0.481 e. The molecule has 5 aliphatic rings. The molecule has 212 valence electrons. The van der Waals surface area contributed by atoms with Gasteiger partial charge in [0.2, 0.25) is 0 Å². The van der Waals surface area contributed by atoms with E-state index in [0.717, 1.165) is 18.3 Å². The third-order valence-electron chi connectivity index (χ3n) is 12.6. The zero-order valence-corrected chi connectivity index (χ0v) is 23.3. The summed E-state index contributed by atoms with van der Waals surface area (Å²) in [5.41, 5.74) is -2.91. The van der Waals surface area contributed by atoms with Crippen molar-refractivity contribution in [3.63, 3.8) is 0 Å². The zero-order chi connectivity index (χ0) is 28.1. The van der Waals surface area contributed by atoms with E-state index in [1.165, 1.54) is 7.11 Å². The number of esters is 1. The number of aliphatic hydroxyl groups excluding tert-OH is 3. The number of carboxylic acids is 1. The molecular formula is C30H44O8. The van der Waals surface area contributed by atoms with E-state index in [4.69, 9.17) is 4.74 Å². The van der Waals surface area contributed by atoms with E-state index in [-0.39, 0.29) is 35.1 Å². The number of aliphatic carboxylic acids is 1. The fraction of sp³-hybridized carbons (Fsp3) is 0.833. The first-order chi connectivity index (χ1) is 17.6. The van der Waals surface area contributed by atoms with E-state index in [1.807, 2.05) is 13.0 Å². The molecular weight excluding hydrogens is 488 g/mol. The number of carboxylic acid groups (broad SMARTS) is 1. The summed E-state index contributed by atoms with van der Waals surface area (Å²) in [5.74, 6) is -1.98. The van der Waals surface area contributed by atoms with Crippen LogP contribution in [0.15, 0.2) is 11.6 Å². The quantitative estimate of drug-likeness (QED) is 0.247. The van der Waals surface area contributed by atoms with Gasteiger partial charge in [0.1, 0.15) is 6.29 Å². The second-order valence-corrected chi connectivity index (χ2v) is 14.3. The summed E-state index contributed by atoms with van der Waals surface area (Å²) >= 11 is 0. The van der Waals surface area contributed by atoms with Gasteiger partial charge in [0, 0.05) is 5.92 Å². The number of hydrogen-bond donors (Lipinski definition) is 4. The minimum absolute atomic E-state index is 0.0256. The van der Waals surface area contributed by atoms with Crippen LogP contribution >= 0.6 is 0 Å². The lowest BCUT2D eigenvalue weighted by Gasteiger charge is -2.68. The molecule has 5 aliphatic carbocycles. The Morgan fingerprint density at radius 1 is 0.947 bits per heavy atom. The smallest absolute Gasteiger partial charge is 0.311 e. The van der Waals surface area contributed by atoms with Crippen molar-refractivity contribution in [3.05, 3.63) is 11.6 Å². The Bertz CT molecular complexity index is 1070. The Labute approximate surface area is 224 Å². The third-order valence-corrected chi connectivity index (χ3v) is 12.6. The van der Waals surface area contributed by atoms with Gasteiger partial charge in [-0.15, -0.1) is 0 Å². The number of methoxy groups -OCH3 is 1. The highest BCUT2D eigenvalue weighted by Crippen LogP contribution is 2.72. The molecule has 0 aromatic carbocycles. The highest BCUT2D eigenvalue weighted by molar-refractivity contribution is 5.80. The van der Waals surface area contributed by atoms with E-state index >= 15 is 0 Å². The van der Waals surface area contributed by atoms with E-state index in [0.29, 0.717) is 44.9 Å². The monoisotopic (exact) mass is 532 g/mol. The second kappa shape index (κ2) is 8.61. The number of aldehydes is 1. The summed E-state index contributed by atoms with van der Waals surface area (Å²) in [7, 11) is 1.37. The molecule has 4 saturated carbocycles. The molecule has 0 unspecified atom stereocenters. The predicted octanol–water partition coefficient (Wildman–Crippen LogP) is 3.12. The molecule has 0 aromatic rings. The molecule has 8 nitrogen and oxygen atoms in total. The van der Waals surface area contributed by atoms with Gasteiger partial charge in [0.25, 0.3) is 0 Å². The number of ether oxygens (including phenoxy) is 1. The lowest BCUT2D eigenvalue weighted by Crippen LogP contribution is -2.68. The van der Waals surface area contributed by atoms with Crippen LogP contribution in [0.25, 0.3) is 0 Å². The molecule has 38 heavy (non-hydrogen) atoms. The summed E-state index contributed by atoms with van der Waals surface area (Å²) < 4.78 is 5.12. The Hall–Kier alpha value is -1.77. The van der Waals surface area contributed by atoms with Gasteiger partial charge in [-0.05, 0) is 86.9 Å². The number of allylic oxidation sites excluding steroid dienone is 1. The van der Waals surface area contributed by atoms with Crippen molar-refractivity contribution in [2.75, 3.05) is 7.11 Å². The summed E-state index contributed by atoms with van der Waals surface area (Å²) in [6.07, 6.45) is 3.63. The largest absolute Gasteiger partial charge is 0.481 e. The summed E-state index contributed by atoms with van der Waals surface area (Å²) in [5, 5.41) is 44.1. The molecule has 0 amide bonds. The first-order valence-corrected chi connectivity index (χ1v) is 14.2. The van der Waals surface area contributed by atoms with Crippen LogP contribution in [0.4, 0.5) is 0 Å². The summed E-state index contributed by atoms with van der Waals surface area (Å²) in [6.45, 7) is 7.83. The average molecular weight is 533 g/mol. The van der Waals surface area contributed by atoms with E-state index < -0.39 is 45.9 Å². The molecule has 0 spiro atoms. The maximum absolute atomic E-state index is 12.8. The number of carbonyl (C=O) groups is 3. The Kier molecular flexibility index (Phi) is 6.30. The van der Waals surface area contributed by atoms with Crippen LogP contribution in [0.2, 0.25) is 0 Å². The number of carbonyl (C=O) groups excluding carboxylic acids is 2. The molecule has 4 fully saturated rings. The van der Waals surface area contributed by atoms with Gasteiger partial charge in [-0.1, -0.05) is 32.4 Å². The second-order valence-electron chi connectivity index (χ2n) is 14.3.